The van der Waals surface area contributed by atoms with Crippen LogP contribution >= 0.6 is 0 Å². The lowest BCUT2D eigenvalue weighted by atomic mass is 10.00. The monoisotopic (exact) mass is 825 g/mol. The summed E-state index contributed by atoms with van der Waals surface area (Å²) in [6, 6.07) is 87.1. The third-order valence-electron chi connectivity index (χ3n) is 13.8. The average Bonchev–Trinajstić information content (AvgIpc) is 4.00. The summed E-state index contributed by atoms with van der Waals surface area (Å²) in [5, 5.41) is 12.4. The zero-order valence-corrected chi connectivity index (χ0v) is 35.4. The first-order valence-electron chi connectivity index (χ1n) is 22.4. The van der Waals surface area contributed by atoms with Crippen molar-refractivity contribution in [2.45, 2.75) is 0 Å². The second-order valence-electron chi connectivity index (χ2n) is 17.3. The molecule has 0 fully saturated rings. The molecule has 0 radical (unpaired) electrons. The SMILES string of the molecule is c1ccc(-c2ccc(-n3c4ccc(-c5ccc6c(c5)c5ccccc5n6-c5cccc6ccccc56)cc4c4cc5c6ccccc6n(-c6ccc7ccccc7c6)c5cc43)cc2)cc1. The molecule has 0 saturated heterocycles. The molecule has 65 heavy (non-hydrogen) atoms. The van der Waals surface area contributed by atoms with Crippen LogP contribution in [0.4, 0.5) is 0 Å². The van der Waals surface area contributed by atoms with E-state index in [1.165, 1.54) is 115 Å². The smallest absolute Gasteiger partial charge is 0.0562 e. The fraction of sp³-hybridized carbons (Fsp3) is 0. The Morgan fingerprint density at radius 3 is 1.42 bits per heavy atom. The van der Waals surface area contributed by atoms with Crippen molar-refractivity contribution in [2.75, 3.05) is 0 Å². The first kappa shape index (κ1) is 35.9. The highest BCUT2D eigenvalue weighted by Gasteiger charge is 2.21. The van der Waals surface area contributed by atoms with Gasteiger partial charge in [-0.1, -0.05) is 158 Å². The predicted molar refractivity (Wildman–Crippen MR) is 275 cm³/mol. The maximum atomic E-state index is 2.46. The molecule has 3 heteroatoms. The van der Waals surface area contributed by atoms with E-state index in [1.54, 1.807) is 0 Å². The highest BCUT2D eigenvalue weighted by Crippen LogP contribution is 2.43. The molecule has 3 nitrogen and oxygen atoms in total. The molecule has 0 aliphatic carbocycles. The Labute approximate surface area is 374 Å². The van der Waals surface area contributed by atoms with Gasteiger partial charge in [0.2, 0.25) is 0 Å². The Hall–Kier alpha value is -8.66. The number of hydrogen-bond donors (Lipinski definition) is 0. The second-order valence-corrected chi connectivity index (χ2v) is 17.3. The number of aromatic nitrogens is 3. The summed E-state index contributed by atoms with van der Waals surface area (Å²) in [6.45, 7) is 0. The first-order chi connectivity index (χ1) is 32.2. The van der Waals surface area contributed by atoms with Crippen molar-refractivity contribution >= 4 is 87.0 Å². The third-order valence-corrected chi connectivity index (χ3v) is 13.8. The predicted octanol–water partition coefficient (Wildman–Crippen LogP) is 16.6. The lowest BCUT2D eigenvalue weighted by Gasteiger charge is -2.12. The summed E-state index contributed by atoms with van der Waals surface area (Å²) in [4.78, 5) is 0. The Morgan fingerprint density at radius 1 is 0.200 bits per heavy atom. The lowest BCUT2D eigenvalue weighted by Crippen LogP contribution is -1.96. The summed E-state index contributed by atoms with van der Waals surface area (Å²) in [6.07, 6.45) is 0. The normalized spacial score (nSPS) is 12.0. The fourth-order valence-electron chi connectivity index (χ4n) is 10.8. The molecule has 0 aliphatic rings. The van der Waals surface area contributed by atoms with Crippen molar-refractivity contribution in [2.24, 2.45) is 0 Å². The minimum Gasteiger partial charge on any atom is -0.309 e. The number of benzene rings is 11. The number of fused-ring (bicyclic) bond motifs is 11. The van der Waals surface area contributed by atoms with E-state index in [9.17, 15) is 0 Å². The molecule has 0 aliphatic heterocycles. The number of rotatable bonds is 5. The van der Waals surface area contributed by atoms with Crippen molar-refractivity contribution in [1.29, 1.82) is 0 Å². The van der Waals surface area contributed by atoms with E-state index in [-0.39, 0.29) is 0 Å². The van der Waals surface area contributed by atoms with Crippen LogP contribution in [-0.2, 0) is 0 Å². The van der Waals surface area contributed by atoms with Crippen molar-refractivity contribution in [1.82, 2.24) is 13.7 Å². The zero-order chi connectivity index (χ0) is 42.6. The highest BCUT2D eigenvalue weighted by atomic mass is 15.0. The van der Waals surface area contributed by atoms with Gasteiger partial charge in [-0.15, -0.1) is 0 Å². The summed E-state index contributed by atoms with van der Waals surface area (Å²) < 4.78 is 7.36. The van der Waals surface area contributed by atoms with Gasteiger partial charge in [0.1, 0.15) is 0 Å². The average molecular weight is 826 g/mol. The van der Waals surface area contributed by atoms with E-state index < -0.39 is 0 Å². The van der Waals surface area contributed by atoms with Crippen LogP contribution in [0.25, 0.3) is 126 Å². The van der Waals surface area contributed by atoms with Gasteiger partial charge in [0.15, 0.2) is 0 Å². The van der Waals surface area contributed by atoms with Crippen LogP contribution in [0.15, 0.2) is 237 Å². The Kier molecular flexibility index (Phi) is 7.69. The van der Waals surface area contributed by atoms with Crippen LogP contribution in [0, 0.1) is 0 Å². The molecule has 0 spiro atoms. The number of para-hydroxylation sites is 2. The van der Waals surface area contributed by atoms with Gasteiger partial charge in [-0.25, -0.2) is 0 Å². The molecule has 3 heterocycles. The molecule has 0 amide bonds. The van der Waals surface area contributed by atoms with Crippen LogP contribution in [0.2, 0.25) is 0 Å². The van der Waals surface area contributed by atoms with Crippen LogP contribution in [0.3, 0.4) is 0 Å². The summed E-state index contributed by atoms with van der Waals surface area (Å²) in [7, 11) is 0. The van der Waals surface area contributed by atoms with E-state index in [0.29, 0.717) is 0 Å². The first-order valence-corrected chi connectivity index (χ1v) is 22.4. The highest BCUT2D eigenvalue weighted by molar-refractivity contribution is 6.20. The van der Waals surface area contributed by atoms with Crippen LogP contribution < -0.4 is 0 Å². The fourth-order valence-corrected chi connectivity index (χ4v) is 10.8. The summed E-state index contributed by atoms with van der Waals surface area (Å²) >= 11 is 0. The van der Waals surface area contributed by atoms with E-state index in [4.69, 9.17) is 0 Å². The quantitative estimate of drug-likeness (QED) is 0.164. The molecule has 3 aromatic heterocycles. The van der Waals surface area contributed by atoms with Crippen molar-refractivity contribution < 1.29 is 0 Å². The van der Waals surface area contributed by atoms with E-state index in [0.717, 1.165) is 11.4 Å². The number of hydrogen-bond acceptors (Lipinski definition) is 0. The summed E-state index contributed by atoms with van der Waals surface area (Å²) in [5.74, 6) is 0. The molecule has 0 bridgehead atoms. The van der Waals surface area contributed by atoms with Gasteiger partial charge >= 0.3 is 0 Å². The molecule has 0 saturated carbocycles. The minimum atomic E-state index is 1.13. The van der Waals surface area contributed by atoms with Crippen molar-refractivity contribution in [3.05, 3.63) is 237 Å². The Bertz CT molecular complexity index is 4220. The van der Waals surface area contributed by atoms with E-state index >= 15 is 0 Å². The molecule has 14 aromatic rings. The van der Waals surface area contributed by atoms with Gasteiger partial charge in [-0.3, -0.25) is 0 Å². The standard InChI is InChI=1S/C62H39N3/c1-2-13-40(14-3-1)42-25-30-47(31-26-42)63-59-33-28-46(45-29-34-60-52(36-45)50-20-9-11-23-58(50)65(60)56-24-12-18-43-16-6-7-19-49(43)56)37-53(59)55-38-54-51-21-8-10-22-57(51)64(61(54)39-62(55)63)48-32-27-41-15-4-5-17-44(41)35-48/h1-39H. The van der Waals surface area contributed by atoms with Crippen LogP contribution in [-0.4, -0.2) is 13.7 Å². The molecule has 302 valence electrons. The van der Waals surface area contributed by atoms with E-state index in [2.05, 4.69) is 250 Å². The largest absolute Gasteiger partial charge is 0.309 e. The van der Waals surface area contributed by atoms with Gasteiger partial charge in [0.05, 0.1) is 38.8 Å². The van der Waals surface area contributed by atoms with Crippen LogP contribution in [0.1, 0.15) is 0 Å². The summed E-state index contributed by atoms with van der Waals surface area (Å²) in [5.41, 5.74) is 15.4. The Morgan fingerprint density at radius 2 is 0.677 bits per heavy atom. The molecular weight excluding hydrogens is 787 g/mol. The van der Waals surface area contributed by atoms with Gasteiger partial charge in [0.25, 0.3) is 0 Å². The molecule has 0 unspecified atom stereocenters. The van der Waals surface area contributed by atoms with Gasteiger partial charge in [0, 0.05) is 49.1 Å². The molecule has 14 rings (SSSR count). The Balaban J connectivity index is 1.01. The van der Waals surface area contributed by atoms with Crippen LogP contribution in [0.5, 0.6) is 0 Å². The van der Waals surface area contributed by atoms with E-state index in [1.807, 2.05) is 0 Å². The minimum absolute atomic E-state index is 1.13. The third kappa shape index (κ3) is 5.43. The zero-order valence-electron chi connectivity index (χ0n) is 35.4. The second kappa shape index (κ2) is 13.9. The van der Waals surface area contributed by atoms with Gasteiger partial charge in [-0.2, -0.15) is 0 Å². The number of nitrogens with zero attached hydrogens (tertiary/aromatic N) is 3. The molecule has 11 aromatic carbocycles. The van der Waals surface area contributed by atoms with Gasteiger partial charge in [-0.05, 0) is 117 Å². The van der Waals surface area contributed by atoms with Crippen molar-refractivity contribution in [3.8, 4) is 39.3 Å². The van der Waals surface area contributed by atoms with Crippen molar-refractivity contribution in [3.63, 3.8) is 0 Å². The maximum absolute atomic E-state index is 2.46. The molecule has 0 N–H and O–H groups in total. The lowest BCUT2D eigenvalue weighted by molar-refractivity contribution is 1.17. The maximum Gasteiger partial charge on any atom is 0.0562 e. The molecular formula is C62H39N3. The molecule has 0 atom stereocenters. The topological polar surface area (TPSA) is 14.8 Å². The van der Waals surface area contributed by atoms with Gasteiger partial charge < -0.3 is 13.7 Å².